The molecular formula is C27H26ClN3O6S. The predicted molar refractivity (Wildman–Crippen MR) is 148 cm³/mol. The van der Waals surface area contributed by atoms with Crippen molar-refractivity contribution in [3.63, 3.8) is 0 Å². The second kappa shape index (κ2) is 12.6. The third kappa shape index (κ3) is 6.90. The van der Waals surface area contributed by atoms with E-state index in [0.717, 1.165) is 11.3 Å². The molecule has 0 aromatic heterocycles. The molecule has 0 spiro atoms. The van der Waals surface area contributed by atoms with Gasteiger partial charge in [-0.2, -0.15) is 0 Å². The van der Waals surface area contributed by atoms with Gasteiger partial charge in [-0.3, -0.25) is 4.79 Å². The maximum absolute atomic E-state index is 13.1. The molecule has 11 heteroatoms. The summed E-state index contributed by atoms with van der Waals surface area (Å²) in [6, 6.07) is 17.7. The standard InChI is InChI=1S/C27H26ClN3O6S/c1-36-24-12-17(6-11-23(24)30-27(35)29-22-5-3-2-4-21(22)28)13-25(32)31-16-38-15-19(31)14-37-20-9-7-18(8-10-20)26(33)34/h2-12,19H,13-16H2,1H3,(H,33,34)(H2,29,30,35)/t19-/m1/s1. The molecule has 4 rings (SSSR count). The van der Waals surface area contributed by atoms with E-state index in [1.165, 1.54) is 19.2 Å². The average Bonchev–Trinajstić information content (AvgIpc) is 3.39. The van der Waals surface area contributed by atoms with Gasteiger partial charge in [-0.25, -0.2) is 9.59 Å². The Balaban J connectivity index is 1.34. The van der Waals surface area contributed by atoms with Crippen LogP contribution in [0.25, 0.3) is 0 Å². The molecule has 1 aliphatic heterocycles. The molecule has 0 bridgehead atoms. The number of ether oxygens (including phenoxy) is 2. The van der Waals surface area contributed by atoms with E-state index in [4.69, 9.17) is 26.2 Å². The third-order valence-electron chi connectivity index (χ3n) is 5.84. The topological polar surface area (TPSA) is 117 Å². The largest absolute Gasteiger partial charge is 0.495 e. The number of amides is 3. The van der Waals surface area contributed by atoms with E-state index >= 15 is 0 Å². The van der Waals surface area contributed by atoms with E-state index in [9.17, 15) is 14.4 Å². The van der Waals surface area contributed by atoms with Gasteiger partial charge in [0.1, 0.15) is 18.1 Å². The molecule has 1 saturated heterocycles. The number of carbonyl (C=O) groups is 3. The number of carboxylic acid groups (broad SMARTS) is 1. The number of urea groups is 1. The minimum atomic E-state index is -0.999. The molecule has 0 radical (unpaired) electrons. The molecule has 1 fully saturated rings. The first-order chi connectivity index (χ1) is 18.3. The second-order valence-corrected chi connectivity index (χ2v) is 9.84. The number of thioether (sulfide) groups is 1. The number of methoxy groups -OCH3 is 1. The summed E-state index contributed by atoms with van der Waals surface area (Å²) < 4.78 is 11.3. The lowest BCUT2D eigenvalue weighted by molar-refractivity contribution is -0.131. The van der Waals surface area contributed by atoms with Crippen molar-refractivity contribution in [3.05, 3.63) is 82.9 Å². The Bertz CT molecular complexity index is 1320. The summed E-state index contributed by atoms with van der Waals surface area (Å²) in [6.45, 7) is 0.303. The summed E-state index contributed by atoms with van der Waals surface area (Å²) in [5.74, 6) is 1.22. The summed E-state index contributed by atoms with van der Waals surface area (Å²) in [5, 5.41) is 14.9. The Kier molecular flexibility index (Phi) is 8.98. The van der Waals surface area contributed by atoms with Crippen molar-refractivity contribution < 1.29 is 29.0 Å². The SMILES string of the molecule is COc1cc(CC(=O)N2CSC[C@H]2COc2ccc(C(=O)O)cc2)ccc1NC(=O)Nc1ccccc1Cl. The number of rotatable bonds is 9. The van der Waals surface area contributed by atoms with E-state index in [1.807, 2.05) is 0 Å². The highest BCUT2D eigenvalue weighted by atomic mass is 35.5. The predicted octanol–water partition coefficient (Wildman–Crippen LogP) is 5.21. The van der Waals surface area contributed by atoms with E-state index in [1.54, 1.807) is 71.3 Å². The zero-order valence-corrected chi connectivity index (χ0v) is 22.1. The summed E-state index contributed by atoms with van der Waals surface area (Å²) in [4.78, 5) is 38.4. The van der Waals surface area contributed by atoms with Gasteiger partial charge in [0.25, 0.3) is 0 Å². The number of carboxylic acids is 1. The Morgan fingerprint density at radius 2 is 1.79 bits per heavy atom. The lowest BCUT2D eigenvalue weighted by Crippen LogP contribution is -2.41. The van der Waals surface area contributed by atoms with Gasteiger partial charge in [-0.15, -0.1) is 11.8 Å². The van der Waals surface area contributed by atoms with Gasteiger partial charge < -0.3 is 30.1 Å². The summed E-state index contributed by atoms with van der Waals surface area (Å²) in [5.41, 5.74) is 1.85. The van der Waals surface area contributed by atoms with Gasteiger partial charge >= 0.3 is 12.0 Å². The zero-order valence-electron chi connectivity index (χ0n) is 20.5. The van der Waals surface area contributed by atoms with Crippen LogP contribution in [-0.4, -0.2) is 59.3 Å². The van der Waals surface area contributed by atoms with E-state index in [-0.39, 0.29) is 23.9 Å². The van der Waals surface area contributed by atoms with Crippen molar-refractivity contribution in [2.75, 3.05) is 36.0 Å². The van der Waals surface area contributed by atoms with E-state index in [0.29, 0.717) is 40.4 Å². The normalized spacial score (nSPS) is 14.6. The van der Waals surface area contributed by atoms with Crippen LogP contribution in [0.15, 0.2) is 66.7 Å². The number of nitrogens with one attached hydrogen (secondary N) is 2. The number of hydrogen-bond acceptors (Lipinski definition) is 6. The van der Waals surface area contributed by atoms with Gasteiger partial charge in [-0.05, 0) is 54.1 Å². The lowest BCUT2D eigenvalue weighted by Gasteiger charge is -2.24. The molecule has 9 nitrogen and oxygen atoms in total. The molecule has 1 heterocycles. The molecule has 38 heavy (non-hydrogen) atoms. The number of halogens is 1. The minimum absolute atomic E-state index is 0.0518. The van der Waals surface area contributed by atoms with Gasteiger partial charge in [0.15, 0.2) is 0 Å². The number of para-hydroxylation sites is 1. The van der Waals surface area contributed by atoms with Crippen molar-refractivity contribution in [2.24, 2.45) is 0 Å². The highest BCUT2D eigenvalue weighted by Crippen LogP contribution is 2.28. The van der Waals surface area contributed by atoms with E-state index in [2.05, 4.69) is 10.6 Å². The zero-order chi connectivity index (χ0) is 27.1. The van der Waals surface area contributed by atoms with Gasteiger partial charge in [0.2, 0.25) is 5.91 Å². The molecule has 1 aliphatic rings. The van der Waals surface area contributed by atoms with Crippen LogP contribution >= 0.6 is 23.4 Å². The second-order valence-electron chi connectivity index (χ2n) is 8.43. The van der Waals surface area contributed by atoms with Crippen LogP contribution in [0.3, 0.4) is 0 Å². The first-order valence-electron chi connectivity index (χ1n) is 11.7. The van der Waals surface area contributed by atoms with Crippen molar-refractivity contribution in [1.29, 1.82) is 0 Å². The maximum Gasteiger partial charge on any atom is 0.335 e. The first-order valence-corrected chi connectivity index (χ1v) is 13.2. The number of carbonyl (C=O) groups excluding carboxylic acids is 2. The van der Waals surface area contributed by atoms with Crippen LogP contribution in [-0.2, 0) is 11.2 Å². The van der Waals surface area contributed by atoms with Crippen LogP contribution in [0.2, 0.25) is 5.02 Å². The molecule has 0 aliphatic carbocycles. The Hall–Kier alpha value is -3.89. The molecule has 3 aromatic carbocycles. The Morgan fingerprint density at radius 1 is 1.05 bits per heavy atom. The van der Waals surface area contributed by atoms with Crippen molar-refractivity contribution in [1.82, 2.24) is 4.90 Å². The highest BCUT2D eigenvalue weighted by Gasteiger charge is 2.30. The van der Waals surface area contributed by atoms with Crippen LogP contribution < -0.4 is 20.1 Å². The molecule has 1 atom stereocenters. The number of nitrogens with zero attached hydrogens (tertiary/aromatic N) is 1. The molecule has 198 valence electrons. The number of benzene rings is 3. The number of aromatic carboxylic acids is 1. The highest BCUT2D eigenvalue weighted by molar-refractivity contribution is 7.99. The van der Waals surface area contributed by atoms with Gasteiger partial charge in [0, 0.05) is 5.75 Å². The Morgan fingerprint density at radius 3 is 2.50 bits per heavy atom. The fourth-order valence-electron chi connectivity index (χ4n) is 3.85. The van der Waals surface area contributed by atoms with Crippen molar-refractivity contribution in [3.8, 4) is 11.5 Å². The van der Waals surface area contributed by atoms with Crippen LogP contribution in [0.4, 0.5) is 16.2 Å². The summed E-state index contributed by atoms with van der Waals surface area (Å²) in [6.07, 6.45) is 0.160. The van der Waals surface area contributed by atoms with Crippen LogP contribution in [0.5, 0.6) is 11.5 Å². The molecule has 3 N–H and O–H groups in total. The smallest absolute Gasteiger partial charge is 0.335 e. The number of hydrogen-bond donors (Lipinski definition) is 3. The summed E-state index contributed by atoms with van der Waals surface area (Å²) in [7, 11) is 1.49. The van der Waals surface area contributed by atoms with Gasteiger partial charge in [-0.1, -0.05) is 29.8 Å². The quantitative estimate of drug-likeness (QED) is 0.331. The number of anilines is 2. The Labute approximate surface area is 229 Å². The minimum Gasteiger partial charge on any atom is -0.495 e. The fraction of sp³-hybridized carbons (Fsp3) is 0.222. The monoisotopic (exact) mass is 555 g/mol. The van der Waals surface area contributed by atoms with E-state index < -0.39 is 12.0 Å². The molecule has 3 amide bonds. The maximum atomic E-state index is 13.1. The molecular weight excluding hydrogens is 530 g/mol. The molecule has 0 unspecified atom stereocenters. The fourth-order valence-corrected chi connectivity index (χ4v) is 5.23. The third-order valence-corrected chi connectivity index (χ3v) is 7.25. The van der Waals surface area contributed by atoms with Gasteiger partial charge in [0.05, 0.1) is 47.4 Å². The summed E-state index contributed by atoms with van der Waals surface area (Å²) >= 11 is 7.75. The average molecular weight is 556 g/mol. The lowest BCUT2D eigenvalue weighted by atomic mass is 10.1. The first kappa shape index (κ1) is 27.2. The molecule has 0 saturated carbocycles. The van der Waals surface area contributed by atoms with Crippen molar-refractivity contribution >= 4 is 52.6 Å². The molecule has 3 aromatic rings. The van der Waals surface area contributed by atoms with Crippen LogP contribution in [0.1, 0.15) is 15.9 Å². The van der Waals surface area contributed by atoms with Crippen molar-refractivity contribution in [2.45, 2.75) is 12.5 Å². The van der Waals surface area contributed by atoms with Crippen LogP contribution in [0, 0.1) is 0 Å².